The van der Waals surface area contributed by atoms with Crippen molar-refractivity contribution in [3.63, 3.8) is 0 Å². The third-order valence-electron chi connectivity index (χ3n) is 4.74. The van der Waals surface area contributed by atoms with Crippen LogP contribution in [0.4, 0.5) is 5.69 Å². The lowest BCUT2D eigenvalue weighted by Crippen LogP contribution is -2.47. The zero-order valence-corrected chi connectivity index (χ0v) is 16.7. The average Bonchev–Trinajstić information content (AvgIpc) is 2.70. The Hall–Kier alpha value is -2.12. The molecule has 0 spiro atoms. The minimum atomic E-state index is -0.0390. The summed E-state index contributed by atoms with van der Waals surface area (Å²) in [6.07, 6.45) is 1.10. The van der Waals surface area contributed by atoms with Gasteiger partial charge in [-0.2, -0.15) is 0 Å². The summed E-state index contributed by atoms with van der Waals surface area (Å²) in [7, 11) is 5.55. The zero-order valence-electron chi connectivity index (χ0n) is 16.7. The second-order valence-corrected chi connectivity index (χ2v) is 6.96. The van der Waals surface area contributed by atoms with Crippen molar-refractivity contribution in [1.82, 2.24) is 15.1 Å². The molecule has 0 unspecified atom stereocenters. The molecule has 1 saturated heterocycles. The molecule has 27 heavy (non-hydrogen) atoms. The van der Waals surface area contributed by atoms with Gasteiger partial charge in [-0.25, -0.2) is 0 Å². The molecule has 0 bridgehead atoms. The van der Waals surface area contributed by atoms with E-state index >= 15 is 0 Å². The Morgan fingerprint density at radius 1 is 1.19 bits per heavy atom. The third-order valence-corrected chi connectivity index (χ3v) is 4.74. The summed E-state index contributed by atoms with van der Waals surface area (Å²) >= 11 is 0. The van der Waals surface area contributed by atoms with E-state index in [0.29, 0.717) is 31.7 Å². The Labute approximate surface area is 162 Å². The van der Waals surface area contributed by atoms with Gasteiger partial charge in [-0.3, -0.25) is 9.59 Å². The molecule has 7 nitrogen and oxygen atoms in total. The van der Waals surface area contributed by atoms with Crippen LogP contribution in [0.2, 0.25) is 0 Å². The molecule has 1 fully saturated rings. The Kier molecular flexibility index (Phi) is 8.54. The van der Waals surface area contributed by atoms with E-state index in [1.807, 2.05) is 48.2 Å². The number of amides is 2. The van der Waals surface area contributed by atoms with E-state index in [2.05, 4.69) is 5.32 Å². The monoisotopic (exact) mass is 376 g/mol. The average molecular weight is 377 g/mol. The molecule has 0 saturated carbocycles. The molecule has 2 amide bonds. The second-order valence-electron chi connectivity index (χ2n) is 6.96. The van der Waals surface area contributed by atoms with Crippen LogP contribution in [0.15, 0.2) is 24.3 Å². The minimum Gasteiger partial charge on any atom is -0.385 e. The highest BCUT2D eigenvalue weighted by Gasteiger charge is 2.20. The number of nitrogens with one attached hydrogen (secondary N) is 1. The van der Waals surface area contributed by atoms with E-state index in [4.69, 9.17) is 4.74 Å². The molecular weight excluding hydrogens is 344 g/mol. The fraction of sp³-hybridized carbons (Fsp3) is 0.600. The normalized spacial score (nSPS) is 14.1. The minimum absolute atomic E-state index is 0.0390. The van der Waals surface area contributed by atoms with Crippen LogP contribution in [0, 0.1) is 0 Å². The van der Waals surface area contributed by atoms with Gasteiger partial charge in [0.15, 0.2) is 0 Å². The second kappa shape index (κ2) is 10.9. The van der Waals surface area contributed by atoms with E-state index in [-0.39, 0.29) is 11.8 Å². The van der Waals surface area contributed by atoms with Crippen LogP contribution in [0.5, 0.6) is 0 Å². The van der Waals surface area contributed by atoms with Crippen molar-refractivity contribution < 1.29 is 14.3 Å². The molecule has 1 N–H and O–H groups in total. The Morgan fingerprint density at radius 3 is 2.59 bits per heavy atom. The number of carbonyl (C=O) groups excluding carboxylic acids is 2. The molecule has 1 heterocycles. The van der Waals surface area contributed by atoms with Gasteiger partial charge in [0, 0.05) is 84.8 Å². The van der Waals surface area contributed by atoms with Crippen molar-refractivity contribution in [3.8, 4) is 0 Å². The maximum absolute atomic E-state index is 13.0. The summed E-state index contributed by atoms with van der Waals surface area (Å²) in [6, 6.07) is 7.59. The highest BCUT2D eigenvalue weighted by atomic mass is 16.5. The Balaban J connectivity index is 2.02. The lowest BCUT2D eigenvalue weighted by Gasteiger charge is -2.29. The molecule has 2 rings (SSSR count). The summed E-state index contributed by atoms with van der Waals surface area (Å²) in [5.41, 5.74) is 1.63. The molecule has 0 radical (unpaired) electrons. The van der Waals surface area contributed by atoms with Gasteiger partial charge in [-0.15, -0.1) is 0 Å². The maximum atomic E-state index is 13.0. The molecule has 0 aliphatic carbocycles. The number of methoxy groups -OCH3 is 1. The largest absolute Gasteiger partial charge is 0.385 e. The molecule has 0 atom stereocenters. The Morgan fingerprint density at radius 2 is 1.93 bits per heavy atom. The van der Waals surface area contributed by atoms with Gasteiger partial charge in [0.2, 0.25) is 5.91 Å². The molecule has 1 aromatic carbocycles. The molecule has 1 aromatic rings. The summed E-state index contributed by atoms with van der Waals surface area (Å²) in [5.74, 6) is 0.0750. The van der Waals surface area contributed by atoms with Gasteiger partial charge in [-0.1, -0.05) is 6.07 Å². The molecule has 1 aliphatic heterocycles. The fourth-order valence-electron chi connectivity index (χ4n) is 3.12. The van der Waals surface area contributed by atoms with Crippen LogP contribution in [-0.4, -0.2) is 88.7 Å². The van der Waals surface area contributed by atoms with Crippen molar-refractivity contribution >= 4 is 17.5 Å². The van der Waals surface area contributed by atoms with Gasteiger partial charge in [0.25, 0.3) is 5.91 Å². The first-order valence-corrected chi connectivity index (χ1v) is 9.57. The van der Waals surface area contributed by atoms with Crippen molar-refractivity contribution in [3.05, 3.63) is 29.8 Å². The maximum Gasteiger partial charge on any atom is 0.253 e. The lowest BCUT2D eigenvalue weighted by molar-refractivity contribution is -0.131. The predicted octanol–water partition coefficient (Wildman–Crippen LogP) is 1.05. The molecule has 150 valence electrons. The summed E-state index contributed by atoms with van der Waals surface area (Å²) in [5, 5.41) is 3.25. The number of carbonyl (C=O) groups is 2. The van der Waals surface area contributed by atoms with Crippen molar-refractivity contribution in [2.24, 2.45) is 0 Å². The number of benzene rings is 1. The summed E-state index contributed by atoms with van der Waals surface area (Å²) < 4.78 is 5.12. The van der Waals surface area contributed by atoms with Crippen molar-refractivity contribution in [2.75, 3.05) is 72.0 Å². The van der Waals surface area contributed by atoms with Gasteiger partial charge >= 0.3 is 0 Å². The number of rotatable bonds is 9. The number of piperazine rings is 1. The summed E-state index contributed by atoms with van der Waals surface area (Å²) in [4.78, 5) is 31.1. The Bertz CT molecular complexity index is 615. The molecular formula is C20H32N4O3. The lowest BCUT2D eigenvalue weighted by atomic mass is 10.1. The number of hydrogen-bond acceptors (Lipinski definition) is 5. The number of anilines is 1. The predicted molar refractivity (Wildman–Crippen MR) is 107 cm³/mol. The van der Waals surface area contributed by atoms with Crippen LogP contribution in [-0.2, 0) is 9.53 Å². The zero-order chi connectivity index (χ0) is 19.6. The van der Waals surface area contributed by atoms with Crippen molar-refractivity contribution in [2.45, 2.75) is 12.8 Å². The topological polar surface area (TPSA) is 65.1 Å². The van der Waals surface area contributed by atoms with Crippen LogP contribution in [0.25, 0.3) is 0 Å². The standard InChI is InChI=1S/C20H32N4O3/c1-22(2)18-7-4-6-17(16-18)20(26)24(11-5-15-27-3)12-8-19(25)23-13-9-21-10-14-23/h4,6-7,16,21H,5,8-15H2,1-3H3. The highest BCUT2D eigenvalue weighted by molar-refractivity contribution is 5.95. The first kappa shape index (κ1) is 21.2. The summed E-state index contributed by atoms with van der Waals surface area (Å²) in [6.45, 7) is 4.74. The quantitative estimate of drug-likeness (QED) is 0.653. The van der Waals surface area contributed by atoms with Crippen LogP contribution in [0.1, 0.15) is 23.2 Å². The van der Waals surface area contributed by atoms with E-state index in [1.165, 1.54) is 0 Å². The first-order valence-electron chi connectivity index (χ1n) is 9.57. The van der Waals surface area contributed by atoms with Crippen LogP contribution >= 0.6 is 0 Å². The van der Waals surface area contributed by atoms with Gasteiger partial charge in [0.05, 0.1) is 0 Å². The van der Waals surface area contributed by atoms with E-state index in [0.717, 1.165) is 38.3 Å². The first-order chi connectivity index (χ1) is 13.0. The van der Waals surface area contributed by atoms with Crippen LogP contribution < -0.4 is 10.2 Å². The van der Waals surface area contributed by atoms with Crippen molar-refractivity contribution in [1.29, 1.82) is 0 Å². The van der Waals surface area contributed by atoms with Gasteiger partial charge in [-0.05, 0) is 24.6 Å². The number of ether oxygens (including phenoxy) is 1. The van der Waals surface area contributed by atoms with Crippen LogP contribution in [0.3, 0.4) is 0 Å². The van der Waals surface area contributed by atoms with E-state index in [9.17, 15) is 9.59 Å². The third kappa shape index (κ3) is 6.52. The van der Waals surface area contributed by atoms with Gasteiger partial charge < -0.3 is 24.8 Å². The van der Waals surface area contributed by atoms with E-state index < -0.39 is 0 Å². The SMILES string of the molecule is COCCCN(CCC(=O)N1CCNCC1)C(=O)c1cccc(N(C)C)c1. The smallest absolute Gasteiger partial charge is 0.253 e. The molecule has 1 aliphatic rings. The molecule has 0 aromatic heterocycles. The number of hydrogen-bond donors (Lipinski definition) is 1. The highest BCUT2D eigenvalue weighted by Crippen LogP contribution is 2.16. The fourth-order valence-corrected chi connectivity index (χ4v) is 3.12. The number of nitrogens with zero attached hydrogens (tertiary/aromatic N) is 3. The van der Waals surface area contributed by atoms with Gasteiger partial charge in [0.1, 0.15) is 0 Å². The van der Waals surface area contributed by atoms with E-state index in [1.54, 1.807) is 12.0 Å². The molecule has 7 heteroatoms.